The highest BCUT2D eigenvalue weighted by atomic mass is 16.5. The molecule has 1 heterocycles. The van der Waals surface area contributed by atoms with E-state index < -0.39 is 0 Å². The second kappa shape index (κ2) is 4.04. The lowest BCUT2D eigenvalue weighted by molar-refractivity contribution is 0.116. The Kier molecular flexibility index (Phi) is 3.30. The van der Waals surface area contributed by atoms with Crippen molar-refractivity contribution in [3.8, 4) is 0 Å². The van der Waals surface area contributed by atoms with Crippen LogP contribution >= 0.6 is 0 Å². The van der Waals surface area contributed by atoms with E-state index in [2.05, 4.69) is 19.3 Å². The predicted octanol–water partition coefficient (Wildman–Crippen LogP) is 0.653. The summed E-state index contributed by atoms with van der Waals surface area (Å²) in [6, 6.07) is 0.431. The van der Waals surface area contributed by atoms with Gasteiger partial charge in [0.25, 0.3) is 0 Å². The third kappa shape index (κ3) is 2.15. The van der Waals surface area contributed by atoms with E-state index in [0.29, 0.717) is 18.1 Å². The molecule has 0 spiro atoms. The first-order chi connectivity index (χ1) is 5.27. The van der Waals surface area contributed by atoms with Crippen LogP contribution in [0.25, 0.3) is 0 Å². The Labute approximate surface area is 68.3 Å². The Hall–Kier alpha value is -0.120. The van der Waals surface area contributed by atoms with Crippen molar-refractivity contribution in [2.75, 3.05) is 6.61 Å². The Balaban J connectivity index is 2.34. The van der Waals surface area contributed by atoms with Crippen LogP contribution in [0.1, 0.15) is 26.7 Å². The van der Waals surface area contributed by atoms with Crippen molar-refractivity contribution < 1.29 is 4.74 Å². The van der Waals surface area contributed by atoms with Gasteiger partial charge in [-0.05, 0) is 19.8 Å². The van der Waals surface area contributed by atoms with Gasteiger partial charge >= 0.3 is 0 Å². The number of nitrogens with one attached hydrogen (secondary N) is 1. The maximum Gasteiger partial charge on any atom is 0.0551 e. The van der Waals surface area contributed by atoms with Crippen LogP contribution in [0.2, 0.25) is 0 Å². The highest BCUT2D eigenvalue weighted by molar-refractivity contribution is 4.79. The fraction of sp³-hybridized carbons (Fsp3) is 1.00. The van der Waals surface area contributed by atoms with Gasteiger partial charge in [-0.15, -0.1) is 0 Å². The van der Waals surface area contributed by atoms with Crippen LogP contribution in [-0.4, -0.2) is 18.8 Å². The molecule has 3 heteroatoms. The molecule has 1 fully saturated rings. The number of ether oxygens (including phenoxy) is 1. The second-order valence-corrected chi connectivity index (χ2v) is 3.32. The highest BCUT2D eigenvalue weighted by Crippen LogP contribution is 2.23. The first-order valence-electron chi connectivity index (χ1n) is 4.35. The van der Waals surface area contributed by atoms with Gasteiger partial charge in [-0.3, -0.25) is 11.3 Å². The van der Waals surface area contributed by atoms with Gasteiger partial charge in [0.2, 0.25) is 0 Å². The Morgan fingerprint density at radius 1 is 1.73 bits per heavy atom. The molecule has 0 saturated carbocycles. The van der Waals surface area contributed by atoms with Crippen LogP contribution in [0.5, 0.6) is 0 Å². The second-order valence-electron chi connectivity index (χ2n) is 3.32. The van der Waals surface area contributed by atoms with Crippen molar-refractivity contribution in [2.45, 2.75) is 38.8 Å². The van der Waals surface area contributed by atoms with E-state index in [1.165, 1.54) is 0 Å². The molecule has 3 atom stereocenters. The fourth-order valence-corrected chi connectivity index (χ4v) is 1.72. The molecule has 0 aromatic heterocycles. The summed E-state index contributed by atoms with van der Waals surface area (Å²) in [6.07, 6.45) is 2.64. The van der Waals surface area contributed by atoms with Crippen molar-refractivity contribution in [3.63, 3.8) is 0 Å². The summed E-state index contributed by atoms with van der Waals surface area (Å²) in [5, 5.41) is 0. The van der Waals surface area contributed by atoms with Gasteiger partial charge in [0, 0.05) is 12.0 Å². The summed E-state index contributed by atoms with van der Waals surface area (Å²) in [6.45, 7) is 5.13. The van der Waals surface area contributed by atoms with E-state index >= 15 is 0 Å². The number of hydrogen-bond donors (Lipinski definition) is 2. The number of hydrazine groups is 1. The Morgan fingerprint density at radius 3 is 2.82 bits per heavy atom. The van der Waals surface area contributed by atoms with Crippen molar-refractivity contribution in [2.24, 2.45) is 11.8 Å². The Bertz CT molecular complexity index is 115. The standard InChI is InChI=1S/C8H18N2O/c1-3-8(10-9)7-4-6(2)11-5-7/h6-8,10H,3-5,9H2,1-2H3. The van der Waals surface area contributed by atoms with Gasteiger partial charge in [-0.2, -0.15) is 0 Å². The van der Waals surface area contributed by atoms with Gasteiger partial charge in [-0.1, -0.05) is 6.92 Å². The number of nitrogens with two attached hydrogens (primary N) is 1. The van der Waals surface area contributed by atoms with Crippen molar-refractivity contribution in [1.29, 1.82) is 0 Å². The summed E-state index contributed by atoms with van der Waals surface area (Å²) in [5.74, 6) is 6.01. The van der Waals surface area contributed by atoms with Crippen LogP contribution in [0, 0.1) is 5.92 Å². The molecular formula is C8H18N2O. The van der Waals surface area contributed by atoms with Gasteiger partial charge in [-0.25, -0.2) is 0 Å². The lowest BCUT2D eigenvalue weighted by Gasteiger charge is -2.19. The quantitative estimate of drug-likeness (QED) is 0.468. The maximum absolute atomic E-state index is 5.45. The van der Waals surface area contributed by atoms with Crippen molar-refractivity contribution in [1.82, 2.24) is 5.43 Å². The Morgan fingerprint density at radius 2 is 2.45 bits per heavy atom. The molecule has 1 saturated heterocycles. The molecular weight excluding hydrogens is 140 g/mol. The van der Waals surface area contributed by atoms with Gasteiger partial charge in [0.05, 0.1) is 12.7 Å². The van der Waals surface area contributed by atoms with E-state index in [-0.39, 0.29) is 0 Å². The molecule has 1 rings (SSSR count). The number of rotatable bonds is 3. The molecule has 3 N–H and O–H groups in total. The summed E-state index contributed by atoms with van der Waals surface area (Å²) < 4.78 is 5.45. The molecule has 0 bridgehead atoms. The molecule has 0 aromatic rings. The minimum Gasteiger partial charge on any atom is -0.378 e. The highest BCUT2D eigenvalue weighted by Gasteiger charge is 2.27. The zero-order valence-corrected chi connectivity index (χ0v) is 7.34. The molecule has 0 aliphatic carbocycles. The van der Waals surface area contributed by atoms with Gasteiger partial charge < -0.3 is 4.74 Å². The molecule has 1 aliphatic heterocycles. The van der Waals surface area contributed by atoms with Gasteiger partial charge in [0.15, 0.2) is 0 Å². The van der Waals surface area contributed by atoms with E-state index in [0.717, 1.165) is 19.4 Å². The molecule has 0 aromatic carbocycles. The first-order valence-corrected chi connectivity index (χ1v) is 4.35. The minimum absolute atomic E-state index is 0.419. The van der Waals surface area contributed by atoms with Crippen molar-refractivity contribution in [3.05, 3.63) is 0 Å². The SMILES string of the molecule is CCC(NN)C1COC(C)C1. The molecule has 3 nitrogen and oxygen atoms in total. The van der Waals surface area contributed by atoms with Crippen LogP contribution in [-0.2, 0) is 4.74 Å². The average Bonchev–Trinajstić information content (AvgIpc) is 2.39. The van der Waals surface area contributed by atoms with E-state index in [1.807, 2.05) is 0 Å². The normalized spacial score (nSPS) is 34.1. The summed E-state index contributed by atoms with van der Waals surface area (Å²) >= 11 is 0. The molecule has 3 unspecified atom stereocenters. The summed E-state index contributed by atoms with van der Waals surface area (Å²) in [4.78, 5) is 0. The third-order valence-electron chi connectivity index (χ3n) is 2.45. The van der Waals surface area contributed by atoms with Crippen LogP contribution in [0.15, 0.2) is 0 Å². The van der Waals surface area contributed by atoms with Crippen LogP contribution < -0.4 is 11.3 Å². The zero-order chi connectivity index (χ0) is 8.27. The largest absolute Gasteiger partial charge is 0.378 e. The number of hydrogen-bond acceptors (Lipinski definition) is 3. The summed E-state index contributed by atoms with van der Waals surface area (Å²) in [5.41, 5.74) is 2.83. The van der Waals surface area contributed by atoms with Crippen LogP contribution in [0.3, 0.4) is 0 Å². The topological polar surface area (TPSA) is 47.3 Å². The van der Waals surface area contributed by atoms with E-state index in [1.54, 1.807) is 0 Å². The zero-order valence-electron chi connectivity index (χ0n) is 7.34. The molecule has 0 radical (unpaired) electrons. The monoisotopic (exact) mass is 158 g/mol. The molecule has 66 valence electrons. The molecule has 11 heavy (non-hydrogen) atoms. The maximum atomic E-state index is 5.45. The van der Waals surface area contributed by atoms with E-state index in [4.69, 9.17) is 10.6 Å². The molecule has 0 amide bonds. The summed E-state index contributed by atoms with van der Waals surface area (Å²) in [7, 11) is 0. The van der Waals surface area contributed by atoms with E-state index in [9.17, 15) is 0 Å². The minimum atomic E-state index is 0.419. The lowest BCUT2D eigenvalue weighted by Crippen LogP contribution is -2.40. The third-order valence-corrected chi connectivity index (χ3v) is 2.45. The van der Waals surface area contributed by atoms with Crippen LogP contribution in [0.4, 0.5) is 0 Å². The fourth-order valence-electron chi connectivity index (χ4n) is 1.72. The first kappa shape index (κ1) is 8.97. The average molecular weight is 158 g/mol. The molecule has 1 aliphatic rings. The van der Waals surface area contributed by atoms with Gasteiger partial charge in [0.1, 0.15) is 0 Å². The van der Waals surface area contributed by atoms with Crippen molar-refractivity contribution >= 4 is 0 Å². The smallest absolute Gasteiger partial charge is 0.0551 e. The predicted molar refractivity (Wildman–Crippen MR) is 44.9 cm³/mol. The lowest BCUT2D eigenvalue weighted by atomic mass is 9.96.